The highest BCUT2D eigenvalue weighted by molar-refractivity contribution is 7.91. The van der Waals surface area contributed by atoms with Crippen molar-refractivity contribution in [3.63, 3.8) is 0 Å². The van der Waals surface area contributed by atoms with Gasteiger partial charge in [-0.15, -0.1) is 22.7 Å². The van der Waals surface area contributed by atoms with Gasteiger partial charge in [-0.25, -0.2) is 13.1 Å². The van der Waals surface area contributed by atoms with Crippen LogP contribution in [0.2, 0.25) is 0 Å². The Kier molecular flexibility index (Phi) is 4.42. The first-order valence-corrected chi connectivity index (χ1v) is 8.79. The molecule has 4 nitrogen and oxygen atoms in total. The van der Waals surface area contributed by atoms with Crippen LogP contribution < -0.4 is 4.72 Å². The maximum atomic E-state index is 12.1. The minimum atomic E-state index is -3.50. The molecule has 7 heteroatoms. The molecule has 2 rings (SSSR count). The molecule has 0 unspecified atom stereocenters. The summed E-state index contributed by atoms with van der Waals surface area (Å²) in [5.74, 6) is 0. The third-order valence-corrected chi connectivity index (χ3v) is 6.74. The lowest BCUT2D eigenvalue weighted by atomic mass is 10.3. The molecule has 2 aromatic heterocycles. The van der Waals surface area contributed by atoms with E-state index in [1.54, 1.807) is 24.3 Å². The fourth-order valence-corrected chi connectivity index (χ4v) is 5.02. The second-order valence-corrected chi connectivity index (χ2v) is 8.67. The summed E-state index contributed by atoms with van der Waals surface area (Å²) >= 11 is 2.68. The summed E-state index contributed by atoms with van der Waals surface area (Å²) < 4.78 is 27.1. The van der Waals surface area contributed by atoms with Crippen molar-refractivity contribution in [2.45, 2.75) is 31.2 Å². The number of aryl methyl sites for hydroxylation is 2. The van der Waals surface area contributed by atoms with Crippen LogP contribution in [0.5, 0.6) is 0 Å². The molecular weight excluding hydrogens is 302 g/mol. The first-order chi connectivity index (χ1) is 8.92. The predicted octanol–water partition coefficient (Wildman–Crippen LogP) is 2.40. The van der Waals surface area contributed by atoms with Crippen molar-refractivity contribution in [1.29, 1.82) is 0 Å². The summed E-state index contributed by atoms with van der Waals surface area (Å²) in [5.41, 5.74) is 0.805. The van der Waals surface area contributed by atoms with Crippen molar-refractivity contribution < 1.29 is 13.5 Å². The molecule has 0 spiro atoms. The molecule has 2 heterocycles. The quantitative estimate of drug-likeness (QED) is 0.890. The van der Waals surface area contributed by atoms with E-state index in [4.69, 9.17) is 5.11 Å². The van der Waals surface area contributed by atoms with E-state index in [1.807, 2.05) is 19.1 Å². The number of thiophene rings is 2. The minimum Gasteiger partial charge on any atom is -0.391 e. The van der Waals surface area contributed by atoms with Crippen LogP contribution in [0, 0.1) is 13.8 Å². The maximum Gasteiger partial charge on any atom is 0.250 e. The second kappa shape index (κ2) is 5.72. The van der Waals surface area contributed by atoms with Crippen molar-refractivity contribution >= 4 is 32.7 Å². The SMILES string of the molecule is Cc1ccc(CNS(=O)(=O)c2cc(C)c(CO)s2)s1. The van der Waals surface area contributed by atoms with Crippen LogP contribution in [0.4, 0.5) is 0 Å². The number of sulfonamides is 1. The Bertz CT molecular complexity index is 670. The van der Waals surface area contributed by atoms with Gasteiger partial charge in [0.2, 0.25) is 10.0 Å². The average molecular weight is 317 g/mol. The van der Waals surface area contributed by atoms with E-state index in [1.165, 1.54) is 0 Å². The van der Waals surface area contributed by atoms with Crippen LogP contribution >= 0.6 is 22.7 Å². The van der Waals surface area contributed by atoms with Crippen LogP contribution in [0.3, 0.4) is 0 Å². The largest absolute Gasteiger partial charge is 0.391 e. The van der Waals surface area contributed by atoms with Crippen LogP contribution in [-0.4, -0.2) is 13.5 Å². The van der Waals surface area contributed by atoms with E-state index >= 15 is 0 Å². The van der Waals surface area contributed by atoms with Gasteiger partial charge in [0, 0.05) is 21.2 Å². The third-order valence-electron chi connectivity index (χ3n) is 2.64. The van der Waals surface area contributed by atoms with Gasteiger partial charge in [0.25, 0.3) is 0 Å². The van der Waals surface area contributed by atoms with Gasteiger partial charge in [0.05, 0.1) is 6.61 Å². The van der Waals surface area contributed by atoms with Crippen LogP contribution in [0.15, 0.2) is 22.4 Å². The minimum absolute atomic E-state index is 0.129. The van der Waals surface area contributed by atoms with Crippen molar-refractivity contribution in [3.8, 4) is 0 Å². The maximum absolute atomic E-state index is 12.1. The zero-order chi connectivity index (χ0) is 14.0. The topological polar surface area (TPSA) is 66.4 Å². The summed E-state index contributed by atoms with van der Waals surface area (Å²) in [7, 11) is -3.50. The Labute approximate surface area is 120 Å². The summed E-state index contributed by atoms with van der Waals surface area (Å²) in [4.78, 5) is 2.83. The summed E-state index contributed by atoms with van der Waals surface area (Å²) in [6.45, 7) is 3.95. The third kappa shape index (κ3) is 3.43. The Morgan fingerprint density at radius 2 is 2.00 bits per heavy atom. The molecule has 0 fully saturated rings. The Morgan fingerprint density at radius 3 is 2.53 bits per heavy atom. The monoisotopic (exact) mass is 317 g/mol. The molecule has 104 valence electrons. The smallest absolute Gasteiger partial charge is 0.250 e. The molecule has 0 aliphatic rings. The van der Waals surface area contributed by atoms with E-state index in [-0.39, 0.29) is 10.8 Å². The lowest BCUT2D eigenvalue weighted by Gasteiger charge is -2.02. The summed E-state index contributed by atoms with van der Waals surface area (Å²) in [5, 5.41) is 9.11. The number of hydrogen-bond acceptors (Lipinski definition) is 5. The first kappa shape index (κ1) is 14.7. The van der Waals surface area contributed by atoms with Gasteiger partial charge in [0.15, 0.2) is 0 Å². The highest BCUT2D eigenvalue weighted by atomic mass is 32.2. The standard InChI is InChI=1S/C12H15NO3S3/c1-8-5-12(18-11(8)7-14)19(15,16)13-6-10-4-3-9(2)17-10/h3-5,13-14H,6-7H2,1-2H3. The van der Waals surface area contributed by atoms with Crippen LogP contribution in [0.25, 0.3) is 0 Å². The molecule has 19 heavy (non-hydrogen) atoms. The predicted molar refractivity (Wildman–Crippen MR) is 78.1 cm³/mol. The molecule has 0 saturated carbocycles. The molecule has 0 aliphatic carbocycles. The average Bonchev–Trinajstić information content (AvgIpc) is 2.93. The number of aliphatic hydroxyl groups is 1. The van der Waals surface area contributed by atoms with E-state index < -0.39 is 10.0 Å². The molecule has 0 saturated heterocycles. The molecule has 0 amide bonds. The fourth-order valence-electron chi connectivity index (χ4n) is 1.60. The fraction of sp³-hybridized carbons (Fsp3) is 0.333. The van der Waals surface area contributed by atoms with Gasteiger partial charge in [-0.2, -0.15) is 0 Å². The number of nitrogens with one attached hydrogen (secondary N) is 1. The molecular formula is C12H15NO3S3. The highest BCUT2D eigenvalue weighted by Gasteiger charge is 2.18. The van der Waals surface area contributed by atoms with E-state index in [0.717, 1.165) is 26.7 Å². The van der Waals surface area contributed by atoms with Crippen LogP contribution in [-0.2, 0) is 23.2 Å². The lowest BCUT2D eigenvalue weighted by molar-refractivity contribution is 0.285. The van der Waals surface area contributed by atoms with Crippen LogP contribution in [0.1, 0.15) is 20.2 Å². The van der Waals surface area contributed by atoms with Crippen molar-refractivity contribution in [1.82, 2.24) is 4.72 Å². The molecule has 0 aliphatic heterocycles. The van der Waals surface area contributed by atoms with Crippen molar-refractivity contribution in [3.05, 3.63) is 38.4 Å². The van der Waals surface area contributed by atoms with Gasteiger partial charge in [-0.3, -0.25) is 0 Å². The molecule has 2 aromatic rings. The Hall–Kier alpha value is -0.730. The van der Waals surface area contributed by atoms with E-state index in [2.05, 4.69) is 4.72 Å². The zero-order valence-corrected chi connectivity index (χ0v) is 13.1. The van der Waals surface area contributed by atoms with Gasteiger partial charge >= 0.3 is 0 Å². The number of rotatable bonds is 5. The molecule has 0 atom stereocenters. The summed E-state index contributed by atoms with van der Waals surface area (Å²) in [6, 6.07) is 5.48. The zero-order valence-electron chi connectivity index (χ0n) is 10.6. The second-order valence-electron chi connectivity index (χ2n) is 4.17. The Morgan fingerprint density at radius 1 is 1.26 bits per heavy atom. The Balaban J connectivity index is 2.13. The highest BCUT2D eigenvalue weighted by Crippen LogP contribution is 2.26. The summed E-state index contributed by atoms with van der Waals surface area (Å²) in [6.07, 6.45) is 0. The molecule has 2 N–H and O–H groups in total. The van der Waals surface area contributed by atoms with E-state index in [0.29, 0.717) is 11.4 Å². The van der Waals surface area contributed by atoms with Crippen molar-refractivity contribution in [2.75, 3.05) is 0 Å². The molecule has 0 radical (unpaired) electrons. The van der Waals surface area contributed by atoms with Gasteiger partial charge < -0.3 is 5.11 Å². The van der Waals surface area contributed by atoms with Crippen molar-refractivity contribution in [2.24, 2.45) is 0 Å². The first-order valence-electron chi connectivity index (χ1n) is 5.67. The van der Waals surface area contributed by atoms with Gasteiger partial charge in [-0.05, 0) is 37.6 Å². The van der Waals surface area contributed by atoms with Gasteiger partial charge in [-0.1, -0.05) is 0 Å². The molecule has 0 bridgehead atoms. The van der Waals surface area contributed by atoms with Gasteiger partial charge in [0.1, 0.15) is 4.21 Å². The lowest BCUT2D eigenvalue weighted by Crippen LogP contribution is -2.21. The number of hydrogen-bond donors (Lipinski definition) is 2. The van der Waals surface area contributed by atoms with E-state index in [9.17, 15) is 8.42 Å². The molecule has 0 aromatic carbocycles. The number of aliphatic hydroxyl groups excluding tert-OH is 1. The normalized spacial score (nSPS) is 11.9.